The number of aliphatic imine (C=N–C) groups is 1. The van der Waals surface area contributed by atoms with Gasteiger partial charge >= 0.3 is 0 Å². The Morgan fingerprint density at radius 2 is 2.03 bits per heavy atom. The summed E-state index contributed by atoms with van der Waals surface area (Å²) in [6, 6.07) is 8.07. The van der Waals surface area contributed by atoms with Crippen LogP contribution in [0, 0.1) is 6.92 Å². The minimum Gasteiger partial charge on any atom is -0.489 e. The van der Waals surface area contributed by atoms with E-state index in [-0.39, 0.29) is 30.1 Å². The molecule has 0 bridgehead atoms. The Bertz CT molecular complexity index is 807. The van der Waals surface area contributed by atoms with E-state index in [1.54, 1.807) is 0 Å². The van der Waals surface area contributed by atoms with Crippen molar-refractivity contribution in [2.45, 2.75) is 65.5 Å². The number of nitrogens with zero attached hydrogens (tertiary/aromatic N) is 4. The van der Waals surface area contributed by atoms with Crippen molar-refractivity contribution < 1.29 is 4.74 Å². The topological polar surface area (TPSA) is 76.4 Å². The van der Waals surface area contributed by atoms with Crippen LogP contribution in [-0.4, -0.2) is 46.5 Å². The van der Waals surface area contributed by atoms with E-state index < -0.39 is 0 Å². The molecular formula is C22H35IN6O. The highest BCUT2D eigenvalue weighted by Gasteiger charge is 2.14. The van der Waals surface area contributed by atoms with Gasteiger partial charge in [0.05, 0.1) is 6.54 Å². The zero-order chi connectivity index (χ0) is 20.5. The third-order valence-corrected chi connectivity index (χ3v) is 5.10. The first-order chi connectivity index (χ1) is 14.2. The van der Waals surface area contributed by atoms with Crippen molar-refractivity contribution in [1.29, 1.82) is 0 Å². The van der Waals surface area contributed by atoms with E-state index in [0.29, 0.717) is 6.54 Å². The quantitative estimate of drug-likeness (QED) is 0.313. The Balaban J connectivity index is 0.00000320. The molecule has 0 saturated carbocycles. The molecule has 2 heterocycles. The number of fused-ring (bicyclic) bond motifs is 1. The van der Waals surface area contributed by atoms with Gasteiger partial charge in [0.2, 0.25) is 0 Å². The molecule has 0 aliphatic carbocycles. The fourth-order valence-electron chi connectivity index (χ4n) is 3.53. The van der Waals surface area contributed by atoms with Gasteiger partial charge in [-0.05, 0) is 45.2 Å². The molecule has 3 rings (SSSR count). The lowest BCUT2D eigenvalue weighted by atomic mass is 10.2. The predicted molar refractivity (Wildman–Crippen MR) is 132 cm³/mol. The van der Waals surface area contributed by atoms with Gasteiger partial charge in [0.15, 0.2) is 5.96 Å². The maximum Gasteiger partial charge on any atom is 0.191 e. The van der Waals surface area contributed by atoms with E-state index in [1.807, 2.05) is 25.1 Å². The van der Waals surface area contributed by atoms with Gasteiger partial charge in [-0.2, -0.15) is 0 Å². The van der Waals surface area contributed by atoms with Gasteiger partial charge in [0, 0.05) is 32.5 Å². The highest BCUT2D eigenvalue weighted by molar-refractivity contribution is 14.0. The fraction of sp³-hybridized carbons (Fsp3) is 0.591. The van der Waals surface area contributed by atoms with Crippen molar-refractivity contribution in [3.63, 3.8) is 0 Å². The predicted octanol–water partition coefficient (Wildman–Crippen LogP) is 3.50. The maximum atomic E-state index is 6.03. The second-order valence-electron chi connectivity index (χ2n) is 7.59. The first kappa shape index (κ1) is 24.4. The van der Waals surface area contributed by atoms with Crippen LogP contribution < -0.4 is 15.4 Å². The van der Waals surface area contributed by atoms with Gasteiger partial charge < -0.3 is 19.9 Å². The second-order valence-corrected chi connectivity index (χ2v) is 7.59. The zero-order valence-corrected chi connectivity index (χ0v) is 20.7. The van der Waals surface area contributed by atoms with Gasteiger partial charge in [-0.1, -0.05) is 24.6 Å². The minimum absolute atomic E-state index is 0. The molecule has 7 nitrogen and oxygen atoms in total. The summed E-state index contributed by atoms with van der Waals surface area (Å²) in [5, 5.41) is 15.5. The highest BCUT2D eigenvalue weighted by Crippen LogP contribution is 2.18. The Morgan fingerprint density at radius 3 is 2.83 bits per heavy atom. The number of rotatable bonds is 8. The number of benzene rings is 1. The largest absolute Gasteiger partial charge is 0.489 e. The Labute approximate surface area is 197 Å². The molecule has 0 fully saturated rings. The molecule has 0 amide bonds. The molecule has 1 aromatic carbocycles. The number of guanidine groups is 1. The summed E-state index contributed by atoms with van der Waals surface area (Å²) < 4.78 is 8.33. The van der Waals surface area contributed by atoms with E-state index in [2.05, 4.69) is 50.3 Å². The van der Waals surface area contributed by atoms with Gasteiger partial charge in [0.25, 0.3) is 0 Å². The van der Waals surface area contributed by atoms with Crippen LogP contribution in [0.15, 0.2) is 29.3 Å². The number of aryl methyl sites for hydroxylation is 2. The average Bonchev–Trinajstić information content (AvgIpc) is 2.94. The summed E-state index contributed by atoms with van der Waals surface area (Å²) in [6.07, 6.45) is 5.60. The first-order valence-electron chi connectivity index (χ1n) is 10.8. The summed E-state index contributed by atoms with van der Waals surface area (Å²) in [5.74, 6) is 3.94. The van der Waals surface area contributed by atoms with E-state index in [1.165, 1.54) is 19.3 Å². The number of hydrogen-bond acceptors (Lipinski definition) is 4. The van der Waals surface area contributed by atoms with Crippen LogP contribution in [0.4, 0.5) is 0 Å². The molecule has 1 atom stereocenters. The van der Waals surface area contributed by atoms with Gasteiger partial charge in [0.1, 0.15) is 23.5 Å². The first-order valence-corrected chi connectivity index (χ1v) is 10.8. The SMILES string of the molecule is CCNC(=NCC(C)Oc1ccccc1C)NCCc1nnc2n1CCCCC2.I. The molecule has 1 aliphatic heterocycles. The molecule has 0 radical (unpaired) electrons. The third kappa shape index (κ3) is 7.14. The number of ether oxygens (including phenoxy) is 1. The van der Waals surface area contributed by atoms with Crippen LogP contribution in [0.25, 0.3) is 0 Å². The Kier molecular flexibility index (Phi) is 10.4. The summed E-state index contributed by atoms with van der Waals surface area (Å²) >= 11 is 0. The number of halogens is 1. The standard InChI is InChI=1S/C22H34N6O.HI/c1-4-23-22(25-16-18(3)29-19-11-8-7-10-17(19)2)24-14-13-21-27-26-20-12-6-5-9-15-28(20)21;/h7-8,10-11,18H,4-6,9,12-16H2,1-3H3,(H2,23,24,25);1H. The summed E-state index contributed by atoms with van der Waals surface area (Å²) in [7, 11) is 0. The molecule has 2 aromatic rings. The van der Waals surface area contributed by atoms with Gasteiger partial charge in [-0.25, -0.2) is 4.99 Å². The van der Waals surface area contributed by atoms with Crippen molar-refractivity contribution in [1.82, 2.24) is 25.4 Å². The number of hydrogen-bond donors (Lipinski definition) is 2. The lowest BCUT2D eigenvalue weighted by Crippen LogP contribution is -2.39. The monoisotopic (exact) mass is 526 g/mol. The molecule has 0 spiro atoms. The Hall–Kier alpha value is -1.84. The molecule has 1 aromatic heterocycles. The summed E-state index contributed by atoms with van der Waals surface area (Å²) in [5.41, 5.74) is 1.14. The zero-order valence-electron chi connectivity index (χ0n) is 18.4. The highest BCUT2D eigenvalue weighted by atomic mass is 127. The van der Waals surface area contributed by atoms with Crippen LogP contribution in [0.3, 0.4) is 0 Å². The van der Waals surface area contributed by atoms with Crippen molar-refractivity contribution in [2.24, 2.45) is 4.99 Å². The number of para-hydroxylation sites is 1. The van der Waals surface area contributed by atoms with Gasteiger partial charge in [-0.3, -0.25) is 0 Å². The van der Waals surface area contributed by atoms with E-state index in [9.17, 15) is 0 Å². The van der Waals surface area contributed by atoms with E-state index in [4.69, 9.17) is 4.74 Å². The maximum absolute atomic E-state index is 6.03. The molecule has 1 unspecified atom stereocenters. The van der Waals surface area contributed by atoms with Crippen LogP contribution in [0.5, 0.6) is 5.75 Å². The molecule has 166 valence electrons. The number of nitrogens with one attached hydrogen (secondary N) is 2. The molecule has 0 saturated heterocycles. The van der Waals surface area contributed by atoms with Gasteiger partial charge in [-0.15, -0.1) is 34.2 Å². The van der Waals surface area contributed by atoms with Crippen LogP contribution in [0.1, 0.15) is 50.3 Å². The van der Waals surface area contributed by atoms with Crippen molar-refractivity contribution in [3.05, 3.63) is 41.5 Å². The van der Waals surface area contributed by atoms with Crippen LogP contribution in [-0.2, 0) is 19.4 Å². The molecule has 8 heteroatoms. The lowest BCUT2D eigenvalue weighted by Gasteiger charge is -2.16. The molecule has 2 N–H and O–H groups in total. The fourth-order valence-corrected chi connectivity index (χ4v) is 3.53. The third-order valence-electron chi connectivity index (χ3n) is 5.10. The van der Waals surface area contributed by atoms with Crippen LogP contribution in [0.2, 0.25) is 0 Å². The lowest BCUT2D eigenvalue weighted by molar-refractivity contribution is 0.228. The molecule has 30 heavy (non-hydrogen) atoms. The van der Waals surface area contributed by atoms with Crippen LogP contribution >= 0.6 is 24.0 Å². The molecular weight excluding hydrogens is 491 g/mol. The van der Waals surface area contributed by atoms with Crippen molar-refractivity contribution >= 4 is 29.9 Å². The second kappa shape index (κ2) is 12.8. The van der Waals surface area contributed by atoms with Crippen molar-refractivity contribution in [3.8, 4) is 5.75 Å². The number of aromatic nitrogens is 3. The van der Waals surface area contributed by atoms with E-state index >= 15 is 0 Å². The minimum atomic E-state index is -0.00109. The smallest absolute Gasteiger partial charge is 0.191 e. The average molecular weight is 526 g/mol. The summed E-state index contributed by atoms with van der Waals surface area (Å²) in [4.78, 5) is 4.69. The van der Waals surface area contributed by atoms with E-state index in [0.717, 1.165) is 61.4 Å². The summed E-state index contributed by atoms with van der Waals surface area (Å²) in [6.45, 7) is 9.40. The normalized spacial score (nSPS) is 14.8. The van der Waals surface area contributed by atoms with Crippen molar-refractivity contribution in [2.75, 3.05) is 19.6 Å². The Morgan fingerprint density at radius 1 is 1.20 bits per heavy atom. The molecule has 1 aliphatic rings.